The monoisotopic (exact) mass is 725 g/mol. The second kappa shape index (κ2) is 15.2. The SMILES string of the molecule is CC(C)(C)c1nc(C(=O)NCc2ccc(-c3ncnn4cc(CCCCN5CCC(n6ccc(NC7CCC(=O)NC7=O)n6)CC5)cc34)cc2F)no1. The number of imide groups is 1. The fourth-order valence-corrected chi connectivity index (χ4v) is 6.76. The lowest BCUT2D eigenvalue weighted by Gasteiger charge is -2.32. The fourth-order valence-electron chi connectivity index (χ4n) is 6.76. The number of aromatic nitrogens is 7. The Hall–Kier alpha value is -5.51. The van der Waals surface area contributed by atoms with Gasteiger partial charge in [-0.15, -0.1) is 0 Å². The van der Waals surface area contributed by atoms with Gasteiger partial charge in [-0.3, -0.25) is 24.4 Å². The van der Waals surface area contributed by atoms with E-state index in [1.54, 1.807) is 16.6 Å². The topological polar surface area (TPSA) is 177 Å². The molecular weight excluding hydrogens is 681 g/mol. The van der Waals surface area contributed by atoms with Gasteiger partial charge in [-0.25, -0.2) is 13.9 Å². The summed E-state index contributed by atoms with van der Waals surface area (Å²) in [6.07, 6.45) is 11.2. The fraction of sp³-hybridized carbons (Fsp3) is 0.459. The Bertz CT molecular complexity index is 2110. The van der Waals surface area contributed by atoms with Crippen LogP contribution in [0.5, 0.6) is 0 Å². The van der Waals surface area contributed by atoms with E-state index in [-0.39, 0.29) is 24.2 Å². The average Bonchev–Trinajstić information content (AvgIpc) is 3.91. The molecule has 3 amide bonds. The minimum Gasteiger partial charge on any atom is -0.357 e. The van der Waals surface area contributed by atoms with Crippen molar-refractivity contribution < 1.29 is 23.3 Å². The maximum atomic E-state index is 15.2. The highest BCUT2D eigenvalue weighted by molar-refractivity contribution is 6.01. The van der Waals surface area contributed by atoms with E-state index in [0.29, 0.717) is 47.4 Å². The Labute approximate surface area is 305 Å². The highest BCUT2D eigenvalue weighted by Gasteiger charge is 2.28. The number of nitrogens with zero attached hydrogens (tertiary/aromatic N) is 8. The van der Waals surface area contributed by atoms with Gasteiger partial charge in [0.25, 0.3) is 11.7 Å². The molecule has 2 aliphatic heterocycles. The molecule has 53 heavy (non-hydrogen) atoms. The molecule has 7 rings (SSSR count). The lowest BCUT2D eigenvalue weighted by molar-refractivity contribution is -0.133. The minimum atomic E-state index is -0.543. The molecule has 1 atom stereocenters. The molecule has 0 saturated carbocycles. The molecule has 278 valence electrons. The van der Waals surface area contributed by atoms with Crippen LogP contribution in [-0.2, 0) is 28.0 Å². The number of carbonyl (C=O) groups is 3. The number of fused-ring (bicyclic) bond motifs is 1. The van der Waals surface area contributed by atoms with Gasteiger partial charge in [0.2, 0.25) is 17.7 Å². The molecule has 1 aromatic carbocycles. The number of hydrogen-bond donors (Lipinski definition) is 3. The third-order valence-electron chi connectivity index (χ3n) is 9.79. The number of benzene rings is 1. The van der Waals surface area contributed by atoms with Crippen molar-refractivity contribution in [1.82, 2.24) is 50.1 Å². The van der Waals surface area contributed by atoms with Gasteiger partial charge >= 0.3 is 0 Å². The second-order valence-electron chi connectivity index (χ2n) is 14.8. The number of carbonyl (C=O) groups excluding carboxylic acids is 3. The van der Waals surface area contributed by atoms with Gasteiger partial charge in [-0.05, 0) is 62.8 Å². The van der Waals surface area contributed by atoms with E-state index >= 15 is 4.39 Å². The van der Waals surface area contributed by atoms with Gasteiger partial charge in [-0.2, -0.15) is 15.2 Å². The zero-order valence-corrected chi connectivity index (χ0v) is 30.1. The molecule has 2 fully saturated rings. The van der Waals surface area contributed by atoms with E-state index < -0.39 is 23.2 Å². The first kappa shape index (κ1) is 35.9. The molecule has 2 saturated heterocycles. The predicted molar refractivity (Wildman–Crippen MR) is 192 cm³/mol. The Morgan fingerprint density at radius 1 is 1.09 bits per heavy atom. The summed E-state index contributed by atoms with van der Waals surface area (Å²) >= 11 is 0. The third kappa shape index (κ3) is 8.43. The van der Waals surface area contributed by atoms with Crippen LogP contribution in [0.1, 0.15) is 93.0 Å². The van der Waals surface area contributed by atoms with E-state index in [1.165, 1.54) is 12.4 Å². The first-order chi connectivity index (χ1) is 25.5. The molecule has 3 N–H and O–H groups in total. The molecule has 6 heterocycles. The van der Waals surface area contributed by atoms with Crippen LogP contribution in [0.15, 0.2) is 53.6 Å². The van der Waals surface area contributed by atoms with Gasteiger partial charge in [0.15, 0.2) is 0 Å². The van der Waals surface area contributed by atoms with Crippen LogP contribution < -0.4 is 16.0 Å². The van der Waals surface area contributed by atoms with Crippen LogP contribution >= 0.6 is 0 Å². The summed E-state index contributed by atoms with van der Waals surface area (Å²) in [4.78, 5) is 47.2. The van der Waals surface area contributed by atoms with Gasteiger partial charge in [0.1, 0.15) is 24.0 Å². The molecule has 0 aliphatic carbocycles. The number of hydrogen-bond acceptors (Lipinski definition) is 11. The Morgan fingerprint density at radius 2 is 1.92 bits per heavy atom. The van der Waals surface area contributed by atoms with Crippen LogP contribution in [0.2, 0.25) is 0 Å². The average molecular weight is 726 g/mol. The Morgan fingerprint density at radius 3 is 2.68 bits per heavy atom. The summed E-state index contributed by atoms with van der Waals surface area (Å²) < 4.78 is 24.2. The molecule has 0 radical (unpaired) electrons. The quantitative estimate of drug-likeness (QED) is 0.124. The second-order valence-corrected chi connectivity index (χ2v) is 14.8. The van der Waals surface area contributed by atoms with Crippen LogP contribution in [0.3, 0.4) is 0 Å². The normalized spacial score (nSPS) is 17.3. The number of amides is 3. The van der Waals surface area contributed by atoms with E-state index in [4.69, 9.17) is 4.52 Å². The van der Waals surface area contributed by atoms with Crippen LogP contribution in [0.4, 0.5) is 10.2 Å². The molecule has 2 aliphatic rings. The van der Waals surface area contributed by atoms with Crippen molar-refractivity contribution in [3.05, 3.63) is 77.7 Å². The summed E-state index contributed by atoms with van der Waals surface area (Å²) in [5.41, 5.74) is 3.11. The summed E-state index contributed by atoms with van der Waals surface area (Å²) in [5, 5.41) is 21.0. The zero-order valence-electron chi connectivity index (χ0n) is 30.1. The van der Waals surface area contributed by atoms with E-state index in [0.717, 1.165) is 62.8 Å². The van der Waals surface area contributed by atoms with Crippen molar-refractivity contribution in [1.29, 1.82) is 0 Å². The molecule has 0 bridgehead atoms. The Kier molecular flexibility index (Phi) is 10.3. The van der Waals surface area contributed by atoms with Crippen molar-refractivity contribution in [2.24, 2.45) is 0 Å². The number of nitrogens with one attached hydrogen (secondary N) is 3. The summed E-state index contributed by atoms with van der Waals surface area (Å²) in [6, 6.07) is 8.67. The standard InChI is InChI=1S/C37H44FN11O4/c1-37(2,3)36-44-33(46-53-36)35(52)39-20-25-8-7-24(19-27(25)38)32-29-18-23(21-49(29)41-22-40-32)6-4-5-14-47-15-11-26(12-16-47)48-17-13-30(45-48)42-28-9-10-31(50)43-34(28)51/h7-8,13,17-19,21-22,26,28H,4-6,9-12,14-16,20H2,1-3H3,(H,39,52)(H,42,45)(H,43,50,51). The maximum Gasteiger partial charge on any atom is 0.292 e. The van der Waals surface area contributed by atoms with E-state index in [1.807, 2.05) is 43.9 Å². The van der Waals surface area contributed by atoms with Gasteiger partial charge < -0.3 is 20.1 Å². The molecular formula is C37H44FN11O4. The first-order valence-corrected chi connectivity index (χ1v) is 18.1. The van der Waals surface area contributed by atoms with Crippen molar-refractivity contribution in [3.63, 3.8) is 0 Å². The van der Waals surface area contributed by atoms with Crippen molar-refractivity contribution in [2.45, 2.75) is 89.8 Å². The molecule has 16 heteroatoms. The van der Waals surface area contributed by atoms with Crippen molar-refractivity contribution >= 4 is 29.1 Å². The molecule has 0 spiro atoms. The largest absolute Gasteiger partial charge is 0.357 e. The minimum absolute atomic E-state index is 0.0338. The highest BCUT2D eigenvalue weighted by atomic mass is 19.1. The van der Waals surface area contributed by atoms with Gasteiger partial charge in [0, 0.05) is 61.1 Å². The summed E-state index contributed by atoms with van der Waals surface area (Å²) in [6.45, 7) is 8.69. The number of unbranched alkanes of at least 4 members (excludes halogenated alkanes) is 1. The van der Waals surface area contributed by atoms with Gasteiger partial charge in [0.05, 0.1) is 17.3 Å². The van der Waals surface area contributed by atoms with E-state index in [9.17, 15) is 14.4 Å². The Balaban J connectivity index is 0.870. The first-order valence-electron chi connectivity index (χ1n) is 18.1. The lowest BCUT2D eigenvalue weighted by Crippen LogP contribution is -2.47. The lowest BCUT2D eigenvalue weighted by atomic mass is 9.97. The number of anilines is 1. The number of halogens is 1. The molecule has 4 aromatic heterocycles. The third-order valence-corrected chi connectivity index (χ3v) is 9.79. The summed E-state index contributed by atoms with van der Waals surface area (Å²) in [7, 11) is 0. The highest BCUT2D eigenvalue weighted by Crippen LogP contribution is 2.27. The van der Waals surface area contributed by atoms with Crippen LogP contribution in [0, 0.1) is 5.82 Å². The number of likely N-dealkylation sites (tertiary alicyclic amines) is 1. The van der Waals surface area contributed by atoms with Crippen molar-refractivity contribution in [3.8, 4) is 11.3 Å². The smallest absolute Gasteiger partial charge is 0.292 e. The van der Waals surface area contributed by atoms with Crippen LogP contribution in [-0.4, -0.2) is 82.8 Å². The molecule has 5 aromatic rings. The van der Waals surface area contributed by atoms with Crippen molar-refractivity contribution in [2.75, 3.05) is 25.0 Å². The molecule has 15 nitrogen and oxygen atoms in total. The summed E-state index contributed by atoms with van der Waals surface area (Å²) in [5.74, 6) is -0.629. The predicted octanol–water partition coefficient (Wildman–Crippen LogP) is 4.22. The molecule has 1 unspecified atom stereocenters. The number of aryl methyl sites for hydroxylation is 1. The number of piperidine rings is 2. The van der Waals surface area contributed by atoms with E-state index in [2.05, 4.69) is 52.2 Å². The zero-order chi connectivity index (χ0) is 37.1. The number of rotatable bonds is 12. The van der Waals surface area contributed by atoms with Crippen LogP contribution in [0.25, 0.3) is 16.8 Å². The van der Waals surface area contributed by atoms with Gasteiger partial charge in [-0.1, -0.05) is 38.1 Å². The maximum absolute atomic E-state index is 15.2.